The Bertz CT molecular complexity index is 767. The van der Waals surface area contributed by atoms with Crippen molar-refractivity contribution >= 4 is 63.7 Å². The van der Waals surface area contributed by atoms with Crippen molar-refractivity contribution in [2.24, 2.45) is 0 Å². The lowest BCUT2D eigenvalue weighted by Gasteiger charge is -2.12. The second-order valence-corrected chi connectivity index (χ2v) is 6.24. The van der Waals surface area contributed by atoms with Crippen LogP contribution in [0.4, 0.5) is 5.69 Å². The first kappa shape index (κ1) is 18.8. The Labute approximate surface area is 160 Å². The molecule has 126 valence electrons. The molecule has 2 rings (SSSR count). The zero-order chi connectivity index (χ0) is 17.7. The van der Waals surface area contributed by atoms with E-state index in [2.05, 4.69) is 10.6 Å². The van der Waals surface area contributed by atoms with E-state index in [0.717, 1.165) is 0 Å². The molecule has 0 aliphatic carbocycles. The highest BCUT2D eigenvalue weighted by Crippen LogP contribution is 2.32. The van der Waals surface area contributed by atoms with Crippen molar-refractivity contribution in [1.82, 2.24) is 5.32 Å². The van der Waals surface area contributed by atoms with Gasteiger partial charge in [0.15, 0.2) is 5.11 Å². The molecule has 1 amide bonds. The molecule has 2 N–H and O–H groups in total. The summed E-state index contributed by atoms with van der Waals surface area (Å²) < 4.78 is 5.33. The Kier molecular flexibility index (Phi) is 6.69. The minimum absolute atomic E-state index is 0.0918. The maximum atomic E-state index is 12.2. The highest BCUT2D eigenvalue weighted by atomic mass is 35.5. The average molecular weight is 404 g/mol. The molecule has 0 aliphatic heterocycles. The number of amides is 1. The summed E-state index contributed by atoms with van der Waals surface area (Å²) in [6.45, 7) is 2.45. The van der Waals surface area contributed by atoms with Gasteiger partial charge in [-0.25, -0.2) is 0 Å². The van der Waals surface area contributed by atoms with E-state index in [0.29, 0.717) is 38.7 Å². The first-order valence-corrected chi connectivity index (χ1v) is 8.44. The van der Waals surface area contributed by atoms with Crippen LogP contribution in [0.25, 0.3) is 0 Å². The Hall–Kier alpha value is -1.53. The number of thiocarbonyl (C=S) groups is 1. The Balaban J connectivity index is 2.01. The summed E-state index contributed by atoms with van der Waals surface area (Å²) >= 11 is 23.0. The third-order valence-corrected chi connectivity index (χ3v) is 4.15. The van der Waals surface area contributed by atoms with E-state index in [1.807, 2.05) is 6.92 Å². The lowest BCUT2D eigenvalue weighted by molar-refractivity contribution is 0.0977. The smallest absolute Gasteiger partial charge is 0.257 e. The van der Waals surface area contributed by atoms with E-state index in [-0.39, 0.29) is 11.0 Å². The van der Waals surface area contributed by atoms with Crippen LogP contribution in [-0.4, -0.2) is 17.6 Å². The van der Waals surface area contributed by atoms with E-state index in [1.165, 1.54) is 12.1 Å². The normalized spacial score (nSPS) is 10.2. The summed E-state index contributed by atoms with van der Waals surface area (Å²) in [4.78, 5) is 12.2. The molecule has 8 heteroatoms. The highest BCUT2D eigenvalue weighted by molar-refractivity contribution is 7.80. The molecule has 0 unspecified atom stereocenters. The lowest BCUT2D eigenvalue weighted by Crippen LogP contribution is -2.34. The Morgan fingerprint density at radius 1 is 1.08 bits per heavy atom. The third-order valence-electron chi connectivity index (χ3n) is 2.91. The highest BCUT2D eigenvalue weighted by Gasteiger charge is 2.11. The molecular weight excluding hydrogens is 391 g/mol. The van der Waals surface area contributed by atoms with Gasteiger partial charge in [-0.15, -0.1) is 0 Å². The van der Waals surface area contributed by atoms with Gasteiger partial charge in [0.05, 0.1) is 27.4 Å². The number of rotatable bonds is 4. The molecule has 0 heterocycles. The molecule has 0 spiro atoms. The molecule has 0 saturated carbocycles. The lowest BCUT2D eigenvalue weighted by atomic mass is 10.2. The fourth-order valence-electron chi connectivity index (χ4n) is 1.82. The minimum Gasteiger partial charge on any atom is -0.494 e. The van der Waals surface area contributed by atoms with Gasteiger partial charge >= 0.3 is 0 Å². The van der Waals surface area contributed by atoms with Crippen molar-refractivity contribution in [1.29, 1.82) is 0 Å². The molecule has 2 aromatic carbocycles. The fraction of sp³-hybridized carbons (Fsp3) is 0.125. The third kappa shape index (κ3) is 4.98. The molecule has 0 saturated heterocycles. The van der Waals surface area contributed by atoms with Crippen LogP contribution in [0.5, 0.6) is 5.75 Å². The molecule has 0 fully saturated rings. The molecule has 4 nitrogen and oxygen atoms in total. The van der Waals surface area contributed by atoms with Gasteiger partial charge in [-0.05, 0) is 55.5 Å². The van der Waals surface area contributed by atoms with Crippen LogP contribution in [0.1, 0.15) is 17.3 Å². The Morgan fingerprint density at radius 3 is 2.33 bits per heavy atom. The van der Waals surface area contributed by atoms with Gasteiger partial charge in [0.25, 0.3) is 5.91 Å². The number of benzene rings is 2. The minimum atomic E-state index is -0.355. The van der Waals surface area contributed by atoms with Crippen molar-refractivity contribution in [2.75, 3.05) is 11.9 Å². The van der Waals surface area contributed by atoms with Gasteiger partial charge < -0.3 is 10.1 Å². The van der Waals surface area contributed by atoms with E-state index in [1.54, 1.807) is 24.3 Å². The molecule has 24 heavy (non-hydrogen) atoms. The van der Waals surface area contributed by atoms with Gasteiger partial charge in [0, 0.05) is 5.56 Å². The first-order chi connectivity index (χ1) is 11.4. The monoisotopic (exact) mass is 402 g/mol. The van der Waals surface area contributed by atoms with Crippen molar-refractivity contribution in [3.05, 3.63) is 57.0 Å². The quantitative estimate of drug-likeness (QED) is 0.546. The zero-order valence-corrected chi connectivity index (χ0v) is 15.6. The van der Waals surface area contributed by atoms with Gasteiger partial charge in [-0.2, -0.15) is 0 Å². The van der Waals surface area contributed by atoms with E-state index in [9.17, 15) is 4.79 Å². The summed E-state index contributed by atoms with van der Waals surface area (Å²) in [6.07, 6.45) is 0. The summed E-state index contributed by atoms with van der Waals surface area (Å²) in [5.74, 6) is 0.337. The van der Waals surface area contributed by atoms with Crippen molar-refractivity contribution in [3.8, 4) is 5.75 Å². The molecular formula is C16H13Cl3N2O2S. The second-order valence-electron chi connectivity index (χ2n) is 4.61. The molecule has 2 aromatic rings. The predicted molar refractivity (Wildman–Crippen MR) is 103 cm³/mol. The topological polar surface area (TPSA) is 50.4 Å². The summed E-state index contributed by atoms with van der Waals surface area (Å²) in [7, 11) is 0. The molecule has 0 radical (unpaired) electrons. The maximum absolute atomic E-state index is 12.2. The van der Waals surface area contributed by atoms with E-state index in [4.69, 9.17) is 51.8 Å². The molecule has 0 atom stereocenters. The summed E-state index contributed by atoms with van der Waals surface area (Å²) in [5.41, 5.74) is 0.894. The molecule has 0 bridgehead atoms. The number of hydrogen-bond donors (Lipinski definition) is 2. The number of ether oxygens (including phenoxy) is 1. The molecule has 0 aliphatic rings. The number of carbonyl (C=O) groups excluding carboxylic acids is 1. The second kappa shape index (κ2) is 8.53. The van der Waals surface area contributed by atoms with Crippen LogP contribution in [0.2, 0.25) is 15.1 Å². The van der Waals surface area contributed by atoms with Crippen LogP contribution >= 0.6 is 47.0 Å². The molecule has 0 aromatic heterocycles. The van der Waals surface area contributed by atoms with Crippen molar-refractivity contribution in [2.45, 2.75) is 6.92 Å². The largest absolute Gasteiger partial charge is 0.494 e. The van der Waals surface area contributed by atoms with Gasteiger partial charge in [-0.1, -0.05) is 34.8 Å². The average Bonchev–Trinajstić information content (AvgIpc) is 2.53. The fourth-order valence-corrected chi connectivity index (χ4v) is 2.61. The number of nitrogens with one attached hydrogen (secondary N) is 2. The number of anilines is 1. The van der Waals surface area contributed by atoms with E-state index >= 15 is 0 Å². The van der Waals surface area contributed by atoms with Crippen molar-refractivity contribution in [3.63, 3.8) is 0 Å². The standard InChI is InChI=1S/C16H13Cl3N2O2S/c1-2-23-10-5-3-9(4-6-10)15(22)21-16(24)20-14-8-12(18)11(17)7-13(14)19/h3-8H,2H2,1H3,(H2,20,21,22,24). The summed E-state index contributed by atoms with van der Waals surface area (Å²) in [5, 5.41) is 6.45. The van der Waals surface area contributed by atoms with Crippen molar-refractivity contribution < 1.29 is 9.53 Å². The van der Waals surface area contributed by atoms with Gasteiger partial charge in [-0.3, -0.25) is 10.1 Å². The van der Waals surface area contributed by atoms with Gasteiger partial charge in [0.2, 0.25) is 0 Å². The predicted octanol–water partition coefficient (Wildman–Crippen LogP) is 5.17. The maximum Gasteiger partial charge on any atom is 0.257 e. The Morgan fingerprint density at radius 2 is 1.71 bits per heavy atom. The van der Waals surface area contributed by atoms with Crippen LogP contribution in [0.3, 0.4) is 0 Å². The summed E-state index contributed by atoms with van der Waals surface area (Å²) in [6, 6.07) is 9.74. The van der Waals surface area contributed by atoms with E-state index < -0.39 is 0 Å². The number of carbonyl (C=O) groups is 1. The first-order valence-electron chi connectivity index (χ1n) is 6.90. The van der Waals surface area contributed by atoms with Crippen LogP contribution in [0, 0.1) is 0 Å². The van der Waals surface area contributed by atoms with Gasteiger partial charge in [0.1, 0.15) is 5.75 Å². The van der Waals surface area contributed by atoms with Crippen LogP contribution < -0.4 is 15.4 Å². The number of hydrogen-bond acceptors (Lipinski definition) is 3. The zero-order valence-electron chi connectivity index (χ0n) is 12.5. The van der Waals surface area contributed by atoms with Crippen LogP contribution in [0.15, 0.2) is 36.4 Å². The van der Waals surface area contributed by atoms with Crippen LogP contribution in [-0.2, 0) is 0 Å². The number of halogens is 3. The SMILES string of the molecule is CCOc1ccc(C(=O)NC(=S)Nc2cc(Cl)c(Cl)cc2Cl)cc1.